The first-order chi connectivity index (χ1) is 12.3. The Bertz CT molecular complexity index is 994. The van der Waals surface area contributed by atoms with Crippen molar-refractivity contribution in [1.29, 1.82) is 0 Å². The molecule has 2 aromatic carbocycles. The molecule has 0 aliphatic heterocycles. The number of H-pyrrole nitrogens is 1. The molecule has 6 heteroatoms. The van der Waals surface area contributed by atoms with Crippen LogP contribution in [0.3, 0.4) is 0 Å². The van der Waals surface area contributed by atoms with Crippen LogP contribution >= 0.6 is 0 Å². The van der Waals surface area contributed by atoms with E-state index in [0.717, 1.165) is 22.2 Å². The Morgan fingerprint density at radius 1 is 1.15 bits per heavy atom. The van der Waals surface area contributed by atoms with E-state index in [2.05, 4.69) is 10.3 Å². The Balaban J connectivity index is 1.71. The van der Waals surface area contributed by atoms with Crippen molar-refractivity contribution in [3.8, 4) is 0 Å². The summed E-state index contributed by atoms with van der Waals surface area (Å²) in [7, 11) is 1.56. The summed E-state index contributed by atoms with van der Waals surface area (Å²) in [5.41, 5.74) is 4.01. The van der Waals surface area contributed by atoms with Gasteiger partial charge in [-0.1, -0.05) is 6.07 Å². The average Bonchev–Trinajstić information content (AvgIpc) is 2.88. The summed E-state index contributed by atoms with van der Waals surface area (Å²) in [4.78, 5) is 29.3. The molecule has 134 valence electrons. The van der Waals surface area contributed by atoms with Crippen LogP contribution in [0.5, 0.6) is 0 Å². The number of aromatic amines is 1. The third-order valence-electron chi connectivity index (χ3n) is 4.39. The van der Waals surface area contributed by atoms with Crippen molar-refractivity contribution in [2.75, 3.05) is 18.9 Å². The lowest BCUT2D eigenvalue weighted by Crippen LogP contribution is -2.34. The second-order valence-electron chi connectivity index (χ2n) is 6.36. The molecule has 1 heterocycles. The summed E-state index contributed by atoms with van der Waals surface area (Å²) in [5, 5.41) is 3.58. The number of anilines is 1. The minimum atomic E-state index is -0.433. The fourth-order valence-corrected chi connectivity index (χ4v) is 2.87. The van der Waals surface area contributed by atoms with Crippen LogP contribution in [-0.2, 0) is 4.79 Å². The highest BCUT2D eigenvalue weighted by Crippen LogP contribution is 2.23. The molecule has 1 aromatic heterocycles. The lowest BCUT2D eigenvalue weighted by molar-refractivity contribution is -0.116. The number of fused-ring (bicyclic) bond motifs is 1. The van der Waals surface area contributed by atoms with Gasteiger partial charge in [-0.05, 0) is 55.8 Å². The van der Waals surface area contributed by atoms with Crippen molar-refractivity contribution in [3.63, 3.8) is 0 Å². The molecule has 0 atom stereocenters. The van der Waals surface area contributed by atoms with Crippen molar-refractivity contribution in [2.45, 2.75) is 13.8 Å². The fraction of sp³-hybridized carbons (Fsp3) is 0.200. The number of aryl methyl sites for hydroxylation is 2. The Labute approximate surface area is 150 Å². The summed E-state index contributed by atoms with van der Waals surface area (Å²) in [5.74, 6) is -1.07. The quantitative estimate of drug-likeness (QED) is 0.752. The van der Waals surface area contributed by atoms with Gasteiger partial charge >= 0.3 is 0 Å². The van der Waals surface area contributed by atoms with Gasteiger partial charge in [-0.2, -0.15) is 0 Å². The highest BCUT2D eigenvalue weighted by atomic mass is 19.1. The van der Waals surface area contributed by atoms with E-state index in [9.17, 15) is 14.0 Å². The molecular formula is C20H20FN3O2. The molecule has 2 N–H and O–H groups in total. The normalized spacial score (nSPS) is 10.8. The summed E-state index contributed by atoms with van der Waals surface area (Å²) < 4.78 is 13.2. The standard InChI is InChI=1S/C20H20FN3O2/c1-12-13(2)22-18-8-7-14(9-17(12)18)20(26)24(3)11-19(25)23-16-6-4-5-15(21)10-16/h4-10,22H,11H2,1-3H3,(H,23,25). The Morgan fingerprint density at radius 3 is 2.65 bits per heavy atom. The summed E-state index contributed by atoms with van der Waals surface area (Å²) in [6.07, 6.45) is 0. The number of likely N-dealkylation sites (N-methyl/N-ethyl adjacent to an activating group) is 1. The number of amides is 2. The van der Waals surface area contributed by atoms with Crippen LogP contribution in [-0.4, -0.2) is 35.3 Å². The number of nitrogens with one attached hydrogen (secondary N) is 2. The summed E-state index contributed by atoms with van der Waals surface area (Å²) in [6.45, 7) is 3.86. The van der Waals surface area contributed by atoms with E-state index in [1.54, 1.807) is 19.2 Å². The molecule has 0 radical (unpaired) electrons. The van der Waals surface area contributed by atoms with Gasteiger partial charge in [0.1, 0.15) is 5.82 Å². The van der Waals surface area contributed by atoms with Gasteiger partial charge in [-0.15, -0.1) is 0 Å². The van der Waals surface area contributed by atoms with Gasteiger partial charge in [0.2, 0.25) is 5.91 Å². The van der Waals surface area contributed by atoms with Gasteiger partial charge in [0.25, 0.3) is 5.91 Å². The fourth-order valence-electron chi connectivity index (χ4n) is 2.87. The predicted molar refractivity (Wildman–Crippen MR) is 99.8 cm³/mol. The second kappa shape index (κ2) is 7.00. The van der Waals surface area contributed by atoms with Gasteiger partial charge in [0.15, 0.2) is 0 Å². The zero-order valence-electron chi connectivity index (χ0n) is 14.9. The summed E-state index contributed by atoms with van der Waals surface area (Å²) >= 11 is 0. The maximum Gasteiger partial charge on any atom is 0.254 e. The van der Waals surface area contributed by atoms with Crippen molar-refractivity contribution in [1.82, 2.24) is 9.88 Å². The number of hydrogen-bond acceptors (Lipinski definition) is 2. The number of hydrogen-bond donors (Lipinski definition) is 2. The van der Waals surface area contributed by atoms with Crippen molar-refractivity contribution in [3.05, 3.63) is 65.1 Å². The first-order valence-electron chi connectivity index (χ1n) is 8.25. The molecule has 26 heavy (non-hydrogen) atoms. The third kappa shape index (κ3) is 3.59. The van der Waals surface area contributed by atoms with Crippen molar-refractivity contribution >= 4 is 28.4 Å². The van der Waals surface area contributed by atoms with E-state index in [-0.39, 0.29) is 18.4 Å². The molecule has 0 saturated heterocycles. The van der Waals surface area contributed by atoms with Crippen LogP contribution in [0, 0.1) is 19.7 Å². The first-order valence-corrected chi connectivity index (χ1v) is 8.25. The lowest BCUT2D eigenvalue weighted by Gasteiger charge is -2.17. The van der Waals surface area contributed by atoms with E-state index in [1.165, 1.54) is 23.1 Å². The highest BCUT2D eigenvalue weighted by molar-refractivity contribution is 6.01. The lowest BCUT2D eigenvalue weighted by atomic mass is 10.1. The third-order valence-corrected chi connectivity index (χ3v) is 4.39. The Morgan fingerprint density at radius 2 is 1.92 bits per heavy atom. The monoisotopic (exact) mass is 353 g/mol. The smallest absolute Gasteiger partial charge is 0.254 e. The molecule has 0 aliphatic carbocycles. The zero-order valence-corrected chi connectivity index (χ0v) is 14.9. The Kier molecular flexibility index (Phi) is 4.75. The molecule has 0 aliphatic rings. The number of rotatable bonds is 4. The maximum absolute atomic E-state index is 13.2. The molecule has 0 unspecified atom stereocenters. The minimum absolute atomic E-state index is 0.126. The SMILES string of the molecule is Cc1[nH]c2ccc(C(=O)N(C)CC(=O)Nc3cccc(F)c3)cc2c1C. The van der Waals surface area contributed by atoms with E-state index in [1.807, 2.05) is 26.0 Å². The summed E-state index contributed by atoms with van der Waals surface area (Å²) in [6, 6.07) is 11.1. The zero-order chi connectivity index (χ0) is 18.8. The molecule has 0 spiro atoms. The molecular weight excluding hydrogens is 333 g/mol. The molecule has 3 rings (SSSR count). The minimum Gasteiger partial charge on any atom is -0.358 e. The van der Waals surface area contributed by atoms with Gasteiger partial charge in [-0.3, -0.25) is 9.59 Å². The number of aromatic nitrogens is 1. The van der Waals surface area contributed by atoms with E-state index in [0.29, 0.717) is 11.3 Å². The topological polar surface area (TPSA) is 65.2 Å². The number of halogens is 1. The first kappa shape index (κ1) is 17.7. The van der Waals surface area contributed by atoms with Gasteiger partial charge < -0.3 is 15.2 Å². The number of benzene rings is 2. The number of nitrogens with zero attached hydrogens (tertiary/aromatic N) is 1. The molecule has 0 bridgehead atoms. The molecule has 0 fully saturated rings. The van der Waals surface area contributed by atoms with Gasteiger partial charge in [0.05, 0.1) is 6.54 Å². The van der Waals surface area contributed by atoms with Gasteiger partial charge in [-0.25, -0.2) is 4.39 Å². The van der Waals surface area contributed by atoms with E-state index >= 15 is 0 Å². The number of carbonyl (C=O) groups excluding carboxylic acids is 2. The van der Waals surface area contributed by atoms with Crippen LogP contribution < -0.4 is 5.32 Å². The largest absolute Gasteiger partial charge is 0.358 e. The van der Waals surface area contributed by atoms with E-state index in [4.69, 9.17) is 0 Å². The average molecular weight is 353 g/mol. The predicted octanol–water partition coefficient (Wildman–Crippen LogP) is 3.63. The van der Waals surface area contributed by atoms with Crippen LogP contribution in [0.4, 0.5) is 10.1 Å². The van der Waals surface area contributed by atoms with Gasteiger partial charge in [0, 0.05) is 34.9 Å². The molecule has 3 aromatic rings. The van der Waals surface area contributed by atoms with Crippen molar-refractivity contribution < 1.29 is 14.0 Å². The van der Waals surface area contributed by atoms with E-state index < -0.39 is 5.82 Å². The molecule has 0 saturated carbocycles. The second-order valence-corrected chi connectivity index (χ2v) is 6.36. The molecule has 5 nitrogen and oxygen atoms in total. The molecule has 2 amide bonds. The Hall–Kier alpha value is -3.15. The number of carbonyl (C=O) groups is 2. The highest BCUT2D eigenvalue weighted by Gasteiger charge is 2.16. The van der Waals surface area contributed by atoms with Crippen molar-refractivity contribution in [2.24, 2.45) is 0 Å². The van der Waals surface area contributed by atoms with Crippen LogP contribution in [0.2, 0.25) is 0 Å². The van der Waals surface area contributed by atoms with Crippen LogP contribution in [0.15, 0.2) is 42.5 Å². The van der Waals surface area contributed by atoms with Crippen LogP contribution in [0.25, 0.3) is 10.9 Å². The van der Waals surface area contributed by atoms with Crippen LogP contribution in [0.1, 0.15) is 21.6 Å². The maximum atomic E-state index is 13.2.